The first-order chi connectivity index (χ1) is 6.85. The van der Waals surface area contributed by atoms with E-state index in [1.807, 2.05) is 6.92 Å². The molecule has 0 aromatic carbocycles. The van der Waals surface area contributed by atoms with Crippen LogP contribution >= 0.6 is 0 Å². The lowest BCUT2D eigenvalue weighted by Gasteiger charge is -2.19. The van der Waals surface area contributed by atoms with Crippen LogP contribution in [0.5, 0.6) is 0 Å². The van der Waals surface area contributed by atoms with Gasteiger partial charge in [-0.05, 0) is 27.2 Å². The number of hydrogen-bond acceptors (Lipinski definition) is 3. The molecule has 0 saturated carbocycles. The van der Waals surface area contributed by atoms with Crippen molar-refractivity contribution >= 4 is 12.0 Å². The lowest BCUT2D eigenvalue weighted by Crippen LogP contribution is -2.44. The third-order valence-corrected chi connectivity index (χ3v) is 1.46. The van der Waals surface area contributed by atoms with Crippen LogP contribution in [0.1, 0.15) is 47.0 Å². The van der Waals surface area contributed by atoms with E-state index in [2.05, 4.69) is 10.9 Å². The molecule has 0 aliphatic carbocycles. The van der Waals surface area contributed by atoms with Gasteiger partial charge in [-0.25, -0.2) is 10.2 Å². The Morgan fingerprint density at radius 2 is 1.80 bits per heavy atom. The standard InChI is InChI=1S/C10H20N2O3/c1-5-6-7-8(13)11-12-9(14)15-10(2,3)4/h5-7H2,1-4H3,(H,11,13)(H,12,14). The van der Waals surface area contributed by atoms with Crippen molar-refractivity contribution in [2.75, 3.05) is 0 Å². The van der Waals surface area contributed by atoms with Crippen molar-refractivity contribution in [1.29, 1.82) is 0 Å². The number of amides is 2. The van der Waals surface area contributed by atoms with Gasteiger partial charge in [0.05, 0.1) is 0 Å². The van der Waals surface area contributed by atoms with Crippen molar-refractivity contribution in [2.24, 2.45) is 0 Å². The highest BCUT2D eigenvalue weighted by Crippen LogP contribution is 2.05. The van der Waals surface area contributed by atoms with Gasteiger partial charge < -0.3 is 4.74 Å². The molecular formula is C10H20N2O3. The van der Waals surface area contributed by atoms with Crippen molar-refractivity contribution in [3.05, 3.63) is 0 Å². The van der Waals surface area contributed by atoms with Gasteiger partial charge in [0.2, 0.25) is 5.91 Å². The topological polar surface area (TPSA) is 67.4 Å². The zero-order valence-corrected chi connectivity index (χ0v) is 9.85. The van der Waals surface area contributed by atoms with Gasteiger partial charge in [0.25, 0.3) is 0 Å². The van der Waals surface area contributed by atoms with E-state index in [1.165, 1.54) is 0 Å². The smallest absolute Gasteiger partial charge is 0.426 e. The second kappa shape index (κ2) is 6.27. The Hall–Kier alpha value is -1.26. The third kappa shape index (κ3) is 9.05. The summed E-state index contributed by atoms with van der Waals surface area (Å²) < 4.78 is 4.93. The van der Waals surface area contributed by atoms with Crippen molar-refractivity contribution in [3.8, 4) is 0 Å². The molecule has 0 radical (unpaired) electrons. The van der Waals surface area contributed by atoms with Crippen LogP contribution < -0.4 is 10.9 Å². The number of hydrazine groups is 1. The van der Waals surface area contributed by atoms with Crippen LogP contribution in [0.15, 0.2) is 0 Å². The summed E-state index contributed by atoms with van der Waals surface area (Å²) in [6, 6.07) is 0. The van der Waals surface area contributed by atoms with E-state index in [4.69, 9.17) is 4.74 Å². The predicted molar refractivity (Wildman–Crippen MR) is 57.0 cm³/mol. The van der Waals surface area contributed by atoms with E-state index < -0.39 is 11.7 Å². The molecule has 5 heteroatoms. The van der Waals surface area contributed by atoms with E-state index in [0.717, 1.165) is 12.8 Å². The Kier molecular flexibility index (Phi) is 5.74. The summed E-state index contributed by atoms with van der Waals surface area (Å²) in [5.74, 6) is -0.206. The van der Waals surface area contributed by atoms with Gasteiger partial charge in [0, 0.05) is 6.42 Å². The molecule has 0 fully saturated rings. The molecule has 0 atom stereocenters. The zero-order chi connectivity index (χ0) is 11.9. The summed E-state index contributed by atoms with van der Waals surface area (Å²) in [5.41, 5.74) is 3.91. The van der Waals surface area contributed by atoms with Gasteiger partial charge in [-0.1, -0.05) is 13.3 Å². The van der Waals surface area contributed by atoms with E-state index in [1.54, 1.807) is 20.8 Å². The normalized spacial score (nSPS) is 10.7. The number of carbonyl (C=O) groups is 2. The molecule has 88 valence electrons. The molecule has 0 rings (SSSR count). The Balaban J connectivity index is 3.67. The van der Waals surface area contributed by atoms with Crippen LogP contribution in [0.3, 0.4) is 0 Å². The van der Waals surface area contributed by atoms with Gasteiger partial charge in [-0.2, -0.15) is 0 Å². The van der Waals surface area contributed by atoms with Crippen LogP contribution in [-0.4, -0.2) is 17.6 Å². The first-order valence-corrected chi connectivity index (χ1v) is 5.13. The molecule has 15 heavy (non-hydrogen) atoms. The summed E-state index contributed by atoms with van der Waals surface area (Å²) in [5, 5.41) is 0. The number of rotatable bonds is 3. The second-order valence-electron chi connectivity index (χ2n) is 4.28. The summed E-state index contributed by atoms with van der Waals surface area (Å²) in [6.45, 7) is 7.26. The molecular weight excluding hydrogens is 196 g/mol. The van der Waals surface area contributed by atoms with Crippen molar-refractivity contribution in [1.82, 2.24) is 10.9 Å². The van der Waals surface area contributed by atoms with E-state index in [-0.39, 0.29) is 5.91 Å². The summed E-state index contributed by atoms with van der Waals surface area (Å²) in [7, 11) is 0. The fourth-order valence-electron chi connectivity index (χ4n) is 0.824. The number of nitrogens with one attached hydrogen (secondary N) is 2. The minimum atomic E-state index is -0.646. The Morgan fingerprint density at radius 1 is 1.20 bits per heavy atom. The van der Waals surface area contributed by atoms with E-state index in [9.17, 15) is 9.59 Å². The van der Waals surface area contributed by atoms with Crippen LogP contribution in [-0.2, 0) is 9.53 Å². The van der Waals surface area contributed by atoms with Gasteiger partial charge >= 0.3 is 6.09 Å². The van der Waals surface area contributed by atoms with Gasteiger partial charge in [-0.15, -0.1) is 0 Å². The molecule has 2 N–H and O–H groups in total. The lowest BCUT2D eigenvalue weighted by molar-refractivity contribution is -0.122. The fourth-order valence-corrected chi connectivity index (χ4v) is 0.824. The first kappa shape index (κ1) is 13.7. The predicted octanol–water partition coefficient (Wildman–Crippen LogP) is 1.73. The molecule has 0 bridgehead atoms. The first-order valence-electron chi connectivity index (χ1n) is 5.13. The molecule has 2 amide bonds. The largest absolute Gasteiger partial charge is 0.443 e. The lowest BCUT2D eigenvalue weighted by atomic mass is 10.2. The highest BCUT2D eigenvalue weighted by atomic mass is 16.6. The maximum atomic E-state index is 11.1. The van der Waals surface area contributed by atoms with Gasteiger partial charge in [0.15, 0.2) is 0 Å². The Bertz CT molecular complexity index is 221. The van der Waals surface area contributed by atoms with E-state index >= 15 is 0 Å². The number of carbonyl (C=O) groups excluding carboxylic acids is 2. The van der Waals surface area contributed by atoms with Crippen molar-refractivity contribution < 1.29 is 14.3 Å². The molecule has 0 saturated heterocycles. The zero-order valence-electron chi connectivity index (χ0n) is 9.85. The average Bonchev–Trinajstić information content (AvgIpc) is 2.08. The summed E-state index contributed by atoms with van der Waals surface area (Å²) >= 11 is 0. The second-order valence-corrected chi connectivity index (χ2v) is 4.28. The van der Waals surface area contributed by atoms with Crippen molar-refractivity contribution in [3.63, 3.8) is 0 Å². The maximum absolute atomic E-state index is 11.1. The monoisotopic (exact) mass is 216 g/mol. The quantitative estimate of drug-likeness (QED) is 0.706. The molecule has 0 aliphatic heterocycles. The highest BCUT2D eigenvalue weighted by molar-refractivity contribution is 5.79. The summed E-state index contributed by atoms with van der Waals surface area (Å²) in [4.78, 5) is 22.2. The molecule has 0 aromatic heterocycles. The van der Waals surface area contributed by atoms with Crippen LogP contribution in [0.2, 0.25) is 0 Å². The van der Waals surface area contributed by atoms with E-state index in [0.29, 0.717) is 6.42 Å². The molecule has 0 aromatic rings. The number of unbranched alkanes of at least 4 members (excludes halogenated alkanes) is 1. The number of hydrogen-bond donors (Lipinski definition) is 2. The third-order valence-electron chi connectivity index (χ3n) is 1.46. The van der Waals surface area contributed by atoms with Crippen LogP contribution in [0, 0.1) is 0 Å². The minimum absolute atomic E-state index is 0.206. The van der Waals surface area contributed by atoms with Crippen molar-refractivity contribution in [2.45, 2.75) is 52.6 Å². The van der Waals surface area contributed by atoms with Crippen LogP contribution in [0.25, 0.3) is 0 Å². The van der Waals surface area contributed by atoms with Gasteiger partial charge in [0.1, 0.15) is 5.60 Å². The fraction of sp³-hybridized carbons (Fsp3) is 0.800. The maximum Gasteiger partial charge on any atom is 0.426 e. The number of ether oxygens (including phenoxy) is 1. The van der Waals surface area contributed by atoms with Crippen LogP contribution in [0.4, 0.5) is 4.79 Å². The Labute approximate surface area is 90.5 Å². The SMILES string of the molecule is CCCCC(=O)NNC(=O)OC(C)(C)C. The molecule has 0 heterocycles. The Morgan fingerprint density at radius 3 is 2.27 bits per heavy atom. The molecule has 0 unspecified atom stereocenters. The molecule has 5 nitrogen and oxygen atoms in total. The average molecular weight is 216 g/mol. The van der Waals surface area contributed by atoms with Gasteiger partial charge in [-0.3, -0.25) is 10.2 Å². The highest BCUT2D eigenvalue weighted by Gasteiger charge is 2.16. The minimum Gasteiger partial charge on any atom is -0.443 e. The molecule has 0 aliphatic rings. The summed E-state index contributed by atoms with van der Waals surface area (Å²) in [6.07, 6.45) is 1.51. The molecule has 0 spiro atoms.